The van der Waals surface area contributed by atoms with Gasteiger partial charge in [-0.1, -0.05) is 6.07 Å². The lowest BCUT2D eigenvalue weighted by Crippen LogP contribution is -2.45. The summed E-state index contributed by atoms with van der Waals surface area (Å²) in [6.07, 6.45) is 0.478. The molecule has 1 aliphatic heterocycles. The first-order valence-electron chi connectivity index (χ1n) is 6.18. The molecule has 0 amide bonds. The molecule has 1 saturated heterocycles. The highest BCUT2D eigenvalue weighted by atomic mass is 79.9. The lowest BCUT2D eigenvalue weighted by Gasteiger charge is -2.35. The Morgan fingerprint density at radius 3 is 2.78 bits per heavy atom. The molecule has 2 heterocycles. The van der Waals surface area contributed by atoms with Crippen molar-refractivity contribution in [3.8, 4) is 0 Å². The van der Waals surface area contributed by atoms with Gasteiger partial charge < -0.3 is 9.64 Å². The molecule has 1 aromatic heterocycles. The number of ether oxygens (including phenoxy) is 1. The fraction of sp³-hybridized carbons (Fsp3) is 0.462. The molecule has 5 heteroatoms. The number of morpholine rings is 1. The first-order chi connectivity index (χ1) is 8.65. The summed E-state index contributed by atoms with van der Waals surface area (Å²) in [6, 6.07) is 6.11. The average Bonchev–Trinajstić information content (AvgIpc) is 2.73. The van der Waals surface area contributed by atoms with E-state index >= 15 is 0 Å². The number of H-pyrrole nitrogens is 1. The second kappa shape index (κ2) is 4.55. The first kappa shape index (κ1) is 12.0. The fourth-order valence-corrected chi connectivity index (χ4v) is 3.14. The number of nitrogens with zero attached hydrogens (tertiary/aromatic N) is 2. The van der Waals surface area contributed by atoms with Crippen molar-refractivity contribution in [2.45, 2.75) is 26.1 Å². The van der Waals surface area contributed by atoms with Gasteiger partial charge in [0.25, 0.3) is 0 Å². The second-order valence-corrected chi connectivity index (χ2v) is 5.73. The van der Waals surface area contributed by atoms with E-state index in [0.717, 1.165) is 34.3 Å². The number of rotatable bonds is 1. The van der Waals surface area contributed by atoms with E-state index < -0.39 is 0 Å². The summed E-state index contributed by atoms with van der Waals surface area (Å²) in [6.45, 7) is 5.97. The van der Waals surface area contributed by atoms with Crippen LogP contribution < -0.4 is 4.90 Å². The van der Waals surface area contributed by atoms with E-state index in [0.29, 0.717) is 0 Å². The number of benzene rings is 1. The van der Waals surface area contributed by atoms with Crippen LogP contribution >= 0.6 is 15.9 Å². The molecule has 0 radical (unpaired) electrons. The van der Waals surface area contributed by atoms with E-state index in [1.54, 1.807) is 0 Å². The Labute approximate surface area is 114 Å². The molecule has 0 spiro atoms. The van der Waals surface area contributed by atoms with Gasteiger partial charge in [0.2, 0.25) is 0 Å². The monoisotopic (exact) mass is 309 g/mol. The number of aromatic nitrogens is 2. The van der Waals surface area contributed by atoms with Crippen molar-refractivity contribution in [1.29, 1.82) is 0 Å². The highest BCUT2D eigenvalue weighted by molar-refractivity contribution is 9.10. The quantitative estimate of drug-likeness (QED) is 0.880. The highest BCUT2D eigenvalue weighted by Gasteiger charge is 2.25. The molecule has 2 aromatic rings. The van der Waals surface area contributed by atoms with E-state index in [9.17, 15) is 0 Å². The largest absolute Gasteiger partial charge is 0.372 e. The maximum absolute atomic E-state index is 5.77. The third-order valence-electron chi connectivity index (χ3n) is 3.24. The molecule has 1 aromatic carbocycles. The van der Waals surface area contributed by atoms with Crippen LogP contribution in [0.2, 0.25) is 0 Å². The minimum absolute atomic E-state index is 0.239. The smallest absolute Gasteiger partial charge is 0.159 e. The predicted molar refractivity (Wildman–Crippen MR) is 76.0 cm³/mol. The summed E-state index contributed by atoms with van der Waals surface area (Å²) < 4.78 is 6.84. The molecular weight excluding hydrogens is 294 g/mol. The van der Waals surface area contributed by atoms with Gasteiger partial charge in [-0.25, -0.2) is 0 Å². The molecule has 3 rings (SSSR count). The minimum atomic E-state index is 0.239. The molecule has 2 atom stereocenters. The fourth-order valence-electron chi connectivity index (χ4n) is 2.59. The van der Waals surface area contributed by atoms with E-state index in [-0.39, 0.29) is 12.2 Å². The van der Waals surface area contributed by atoms with Gasteiger partial charge in [-0.2, -0.15) is 5.10 Å². The Bertz CT molecular complexity index is 558. The van der Waals surface area contributed by atoms with Crippen LogP contribution in [0.5, 0.6) is 0 Å². The van der Waals surface area contributed by atoms with Crippen molar-refractivity contribution in [3.05, 3.63) is 22.7 Å². The Morgan fingerprint density at radius 2 is 2.06 bits per heavy atom. The maximum Gasteiger partial charge on any atom is 0.159 e. The molecule has 1 N–H and O–H groups in total. The van der Waals surface area contributed by atoms with Gasteiger partial charge >= 0.3 is 0 Å². The summed E-state index contributed by atoms with van der Waals surface area (Å²) in [5.41, 5.74) is 1.06. The molecule has 0 saturated carbocycles. The Kier molecular flexibility index (Phi) is 3.03. The van der Waals surface area contributed by atoms with Crippen LogP contribution in [0, 0.1) is 0 Å². The van der Waals surface area contributed by atoms with Gasteiger partial charge in [-0.3, -0.25) is 5.10 Å². The van der Waals surface area contributed by atoms with Gasteiger partial charge in [0.1, 0.15) is 0 Å². The van der Waals surface area contributed by atoms with Crippen molar-refractivity contribution >= 4 is 32.7 Å². The van der Waals surface area contributed by atoms with E-state index in [1.165, 1.54) is 0 Å². The van der Waals surface area contributed by atoms with Crippen LogP contribution in [0.15, 0.2) is 22.7 Å². The maximum atomic E-state index is 5.77. The van der Waals surface area contributed by atoms with Crippen LogP contribution in [0.4, 0.5) is 5.82 Å². The van der Waals surface area contributed by atoms with Crippen molar-refractivity contribution in [2.24, 2.45) is 0 Å². The minimum Gasteiger partial charge on any atom is -0.372 e. The molecular formula is C13H16BrN3O. The number of hydrogen-bond acceptors (Lipinski definition) is 3. The van der Waals surface area contributed by atoms with Gasteiger partial charge in [0.05, 0.1) is 23.1 Å². The zero-order valence-corrected chi connectivity index (χ0v) is 12.1. The lowest BCUT2D eigenvalue weighted by molar-refractivity contribution is -0.00538. The third kappa shape index (κ3) is 2.01. The molecule has 1 aliphatic rings. The first-order valence-corrected chi connectivity index (χ1v) is 6.97. The Hall–Kier alpha value is -1.07. The second-order valence-electron chi connectivity index (χ2n) is 4.87. The SMILES string of the molecule is C[C@@H]1CN(c2n[nH]c3cccc(Br)c23)C[C@H](C)O1. The summed E-state index contributed by atoms with van der Waals surface area (Å²) in [4.78, 5) is 2.29. The molecule has 0 unspecified atom stereocenters. The van der Waals surface area contributed by atoms with Crippen molar-refractivity contribution < 1.29 is 4.74 Å². The van der Waals surface area contributed by atoms with E-state index in [4.69, 9.17) is 4.74 Å². The van der Waals surface area contributed by atoms with Crippen molar-refractivity contribution in [3.63, 3.8) is 0 Å². The van der Waals surface area contributed by atoms with Crippen molar-refractivity contribution in [1.82, 2.24) is 10.2 Å². The average molecular weight is 310 g/mol. The molecule has 1 fully saturated rings. The van der Waals surface area contributed by atoms with Gasteiger partial charge in [0, 0.05) is 17.6 Å². The number of hydrogen-bond donors (Lipinski definition) is 1. The number of halogens is 1. The van der Waals surface area contributed by atoms with Crippen LogP contribution in [0.1, 0.15) is 13.8 Å². The zero-order valence-electron chi connectivity index (χ0n) is 10.5. The normalized spacial score (nSPS) is 24.7. The number of nitrogens with one attached hydrogen (secondary N) is 1. The number of anilines is 1. The van der Waals surface area contributed by atoms with Gasteiger partial charge in [-0.05, 0) is 41.9 Å². The summed E-state index contributed by atoms with van der Waals surface area (Å²) >= 11 is 3.61. The molecule has 0 bridgehead atoms. The zero-order chi connectivity index (χ0) is 12.7. The number of fused-ring (bicyclic) bond motifs is 1. The lowest BCUT2D eigenvalue weighted by atomic mass is 10.2. The van der Waals surface area contributed by atoms with Crippen LogP contribution in [0.3, 0.4) is 0 Å². The molecule has 18 heavy (non-hydrogen) atoms. The summed E-state index contributed by atoms with van der Waals surface area (Å²) in [5, 5.41) is 8.71. The standard InChI is InChI=1S/C13H16BrN3O/c1-8-6-17(7-9(2)18-8)13-12-10(14)4-3-5-11(12)15-16-13/h3-5,8-9H,6-7H2,1-2H3,(H,15,16)/t8-,9+. The van der Waals surface area contributed by atoms with Crippen molar-refractivity contribution in [2.75, 3.05) is 18.0 Å². The van der Waals surface area contributed by atoms with Gasteiger partial charge in [-0.15, -0.1) is 0 Å². The van der Waals surface area contributed by atoms with E-state index in [1.807, 2.05) is 12.1 Å². The van der Waals surface area contributed by atoms with Gasteiger partial charge in [0.15, 0.2) is 5.82 Å². The predicted octanol–water partition coefficient (Wildman–Crippen LogP) is 2.94. The van der Waals surface area contributed by atoms with Crippen LogP contribution in [-0.4, -0.2) is 35.5 Å². The Morgan fingerprint density at radius 1 is 1.33 bits per heavy atom. The number of aromatic amines is 1. The highest BCUT2D eigenvalue weighted by Crippen LogP contribution is 2.32. The Balaban J connectivity index is 2.04. The molecule has 4 nitrogen and oxygen atoms in total. The summed E-state index contributed by atoms with van der Waals surface area (Å²) in [7, 11) is 0. The third-order valence-corrected chi connectivity index (χ3v) is 3.90. The molecule has 0 aliphatic carbocycles. The summed E-state index contributed by atoms with van der Waals surface area (Å²) in [5.74, 6) is 1.01. The van der Waals surface area contributed by atoms with Crippen LogP contribution in [0.25, 0.3) is 10.9 Å². The van der Waals surface area contributed by atoms with Crippen LogP contribution in [-0.2, 0) is 4.74 Å². The molecule has 96 valence electrons. The van der Waals surface area contributed by atoms with E-state index in [2.05, 4.69) is 50.9 Å². The topological polar surface area (TPSA) is 41.2 Å².